The Balaban J connectivity index is 2.52. The van der Waals surface area contributed by atoms with Gasteiger partial charge in [0.15, 0.2) is 5.79 Å². The average molecular weight is 174 g/mol. The molecule has 1 aliphatic rings. The SMILES string of the molecule is CC(C(=O)O)C1COC(C)(C)O1. The summed E-state index contributed by atoms with van der Waals surface area (Å²) in [6, 6.07) is 0. The lowest BCUT2D eigenvalue weighted by atomic mass is 10.1. The van der Waals surface area contributed by atoms with Crippen LogP contribution in [0.25, 0.3) is 0 Å². The summed E-state index contributed by atoms with van der Waals surface area (Å²) in [4.78, 5) is 10.6. The Morgan fingerprint density at radius 3 is 2.58 bits per heavy atom. The maximum atomic E-state index is 10.6. The van der Waals surface area contributed by atoms with Crippen molar-refractivity contribution in [2.75, 3.05) is 6.61 Å². The van der Waals surface area contributed by atoms with Gasteiger partial charge in [0.05, 0.1) is 18.6 Å². The van der Waals surface area contributed by atoms with Crippen LogP contribution in [-0.4, -0.2) is 29.6 Å². The van der Waals surface area contributed by atoms with Gasteiger partial charge in [0, 0.05) is 0 Å². The number of hydrogen-bond acceptors (Lipinski definition) is 3. The molecule has 4 heteroatoms. The van der Waals surface area contributed by atoms with Crippen molar-refractivity contribution >= 4 is 5.97 Å². The second kappa shape index (κ2) is 3.03. The highest BCUT2D eigenvalue weighted by molar-refractivity contribution is 5.70. The molecule has 1 N–H and O–H groups in total. The molecule has 0 bridgehead atoms. The lowest BCUT2D eigenvalue weighted by Gasteiger charge is -2.18. The van der Waals surface area contributed by atoms with Crippen molar-refractivity contribution in [1.29, 1.82) is 0 Å². The number of carboxylic acid groups (broad SMARTS) is 1. The van der Waals surface area contributed by atoms with Crippen LogP contribution in [0.15, 0.2) is 0 Å². The Morgan fingerprint density at radius 1 is 1.67 bits per heavy atom. The Bertz CT molecular complexity index is 187. The van der Waals surface area contributed by atoms with Crippen LogP contribution in [0.1, 0.15) is 20.8 Å². The van der Waals surface area contributed by atoms with Gasteiger partial charge >= 0.3 is 5.97 Å². The molecule has 0 amide bonds. The Morgan fingerprint density at radius 2 is 2.25 bits per heavy atom. The van der Waals surface area contributed by atoms with Crippen molar-refractivity contribution in [3.8, 4) is 0 Å². The van der Waals surface area contributed by atoms with Crippen LogP contribution in [0.4, 0.5) is 0 Å². The van der Waals surface area contributed by atoms with Gasteiger partial charge in [0.1, 0.15) is 0 Å². The molecule has 12 heavy (non-hydrogen) atoms. The highest BCUT2D eigenvalue weighted by Crippen LogP contribution is 2.26. The first kappa shape index (κ1) is 9.48. The van der Waals surface area contributed by atoms with E-state index >= 15 is 0 Å². The summed E-state index contributed by atoms with van der Waals surface area (Å²) in [6.07, 6.45) is -0.322. The van der Waals surface area contributed by atoms with Crippen LogP contribution >= 0.6 is 0 Å². The van der Waals surface area contributed by atoms with E-state index in [1.807, 2.05) is 0 Å². The van der Waals surface area contributed by atoms with Gasteiger partial charge in [-0.15, -0.1) is 0 Å². The van der Waals surface area contributed by atoms with E-state index in [2.05, 4.69) is 0 Å². The minimum atomic E-state index is -0.846. The highest BCUT2D eigenvalue weighted by atomic mass is 16.7. The Labute approximate surface area is 71.5 Å². The van der Waals surface area contributed by atoms with Crippen molar-refractivity contribution < 1.29 is 19.4 Å². The standard InChI is InChI=1S/C8H14O4/c1-5(7(9)10)6-4-11-8(2,3)12-6/h5-6H,4H2,1-3H3,(H,9,10). The first-order chi connectivity index (χ1) is 5.42. The maximum Gasteiger partial charge on any atom is 0.308 e. The van der Waals surface area contributed by atoms with Crippen molar-refractivity contribution in [2.24, 2.45) is 5.92 Å². The summed E-state index contributed by atoms with van der Waals surface area (Å²) in [5, 5.41) is 8.68. The molecule has 0 aliphatic carbocycles. The monoisotopic (exact) mass is 174 g/mol. The van der Waals surface area contributed by atoms with E-state index in [-0.39, 0.29) is 6.10 Å². The van der Waals surface area contributed by atoms with Crippen LogP contribution in [0.2, 0.25) is 0 Å². The van der Waals surface area contributed by atoms with E-state index in [1.165, 1.54) is 0 Å². The predicted molar refractivity (Wildman–Crippen MR) is 41.7 cm³/mol. The molecule has 1 rings (SSSR count). The van der Waals surface area contributed by atoms with Gasteiger partial charge in [-0.25, -0.2) is 0 Å². The lowest BCUT2D eigenvalue weighted by Crippen LogP contribution is -2.29. The Hall–Kier alpha value is -0.610. The van der Waals surface area contributed by atoms with Crippen LogP contribution in [0.3, 0.4) is 0 Å². The second-order valence-electron chi connectivity index (χ2n) is 3.49. The van der Waals surface area contributed by atoms with E-state index in [0.717, 1.165) is 0 Å². The van der Waals surface area contributed by atoms with Gasteiger partial charge in [0.2, 0.25) is 0 Å². The fourth-order valence-electron chi connectivity index (χ4n) is 1.12. The summed E-state index contributed by atoms with van der Waals surface area (Å²) in [5.41, 5.74) is 0. The smallest absolute Gasteiger partial charge is 0.308 e. The summed E-state index contributed by atoms with van der Waals surface area (Å²) in [6.45, 7) is 5.54. The van der Waals surface area contributed by atoms with Crippen molar-refractivity contribution in [1.82, 2.24) is 0 Å². The molecular weight excluding hydrogens is 160 g/mol. The van der Waals surface area contributed by atoms with Gasteiger partial charge in [-0.2, -0.15) is 0 Å². The third-order valence-corrected chi connectivity index (χ3v) is 1.98. The molecule has 2 unspecified atom stereocenters. The molecule has 0 aromatic carbocycles. The minimum absolute atomic E-state index is 0.322. The van der Waals surface area contributed by atoms with E-state index in [4.69, 9.17) is 14.6 Å². The quantitative estimate of drug-likeness (QED) is 0.674. The zero-order chi connectivity index (χ0) is 9.35. The van der Waals surface area contributed by atoms with Gasteiger partial charge < -0.3 is 14.6 Å². The summed E-state index contributed by atoms with van der Waals surface area (Å²) in [5.74, 6) is -1.98. The minimum Gasteiger partial charge on any atom is -0.481 e. The fourth-order valence-corrected chi connectivity index (χ4v) is 1.12. The van der Waals surface area contributed by atoms with Crippen LogP contribution in [-0.2, 0) is 14.3 Å². The molecule has 1 aliphatic heterocycles. The molecule has 4 nitrogen and oxygen atoms in total. The third-order valence-electron chi connectivity index (χ3n) is 1.98. The average Bonchev–Trinajstić information content (AvgIpc) is 2.28. The first-order valence-corrected chi connectivity index (χ1v) is 3.97. The maximum absolute atomic E-state index is 10.6. The summed E-state index contributed by atoms with van der Waals surface area (Å²) < 4.78 is 10.6. The number of carboxylic acids is 1. The molecule has 1 fully saturated rings. The van der Waals surface area contributed by atoms with Crippen LogP contribution < -0.4 is 0 Å². The van der Waals surface area contributed by atoms with Gasteiger partial charge in [-0.05, 0) is 20.8 Å². The zero-order valence-corrected chi connectivity index (χ0v) is 7.53. The van der Waals surface area contributed by atoms with Gasteiger partial charge in [0.25, 0.3) is 0 Å². The van der Waals surface area contributed by atoms with Gasteiger partial charge in [-0.1, -0.05) is 0 Å². The molecule has 0 saturated carbocycles. The van der Waals surface area contributed by atoms with Crippen molar-refractivity contribution in [2.45, 2.75) is 32.7 Å². The molecule has 0 radical (unpaired) electrons. The molecule has 1 heterocycles. The molecule has 0 spiro atoms. The molecule has 0 aromatic rings. The first-order valence-electron chi connectivity index (χ1n) is 3.97. The van der Waals surface area contributed by atoms with Gasteiger partial charge in [-0.3, -0.25) is 4.79 Å². The van der Waals surface area contributed by atoms with Crippen molar-refractivity contribution in [3.63, 3.8) is 0 Å². The lowest BCUT2D eigenvalue weighted by molar-refractivity contribution is -0.157. The number of rotatable bonds is 2. The fraction of sp³-hybridized carbons (Fsp3) is 0.875. The number of carbonyl (C=O) groups is 1. The van der Waals surface area contributed by atoms with Crippen LogP contribution in [0, 0.1) is 5.92 Å². The van der Waals surface area contributed by atoms with E-state index < -0.39 is 17.7 Å². The van der Waals surface area contributed by atoms with E-state index in [1.54, 1.807) is 20.8 Å². The molecule has 70 valence electrons. The van der Waals surface area contributed by atoms with E-state index in [0.29, 0.717) is 6.61 Å². The molecule has 1 saturated heterocycles. The largest absolute Gasteiger partial charge is 0.481 e. The van der Waals surface area contributed by atoms with Crippen molar-refractivity contribution in [3.05, 3.63) is 0 Å². The topological polar surface area (TPSA) is 55.8 Å². The molecule has 2 atom stereocenters. The Kier molecular flexibility index (Phi) is 2.39. The number of ether oxygens (including phenoxy) is 2. The zero-order valence-electron chi connectivity index (χ0n) is 7.53. The third kappa shape index (κ3) is 1.95. The molecule has 0 aromatic heterocycles. The highest BCUT2D eigenvalue weighted by Gasteiger charge is 2.38. The predicted octanol–water partition coefficient (Wildman–Crippen LogP) is 0.859. The summed E-state index contributed by atoms with van der Waals surface area (Å²) in [7, 11) is 0. The normalized spacial score (nSPS) is 30.1. The number of hydrogen-bond donors (Lipinski definition) is 1. The number of aliphatic carboxylic acids is 1. The van der Waals surface area contributed by atoms with Crippen LogP contribution in [0.5, 0.6) is 0 Å². The molecular formula is C8H14O4. The summed E-state index contributed by atoms with van der Waals surface area (Å²) >= 11 is 0. The van der Waals surface area contributed by atoms with E-state index in [9.17, 15) is 4.79 Å². The second-order valence-corrected chi connectivity index (χ2v) is 3.49.